The van der Waals surface area contributed by atoms with Gasteiger partial charge in [0.1, 0.15) is 11.5 Å². The van der Waals surface area contributed by atoms with Crippen molar-refractivity contribution in [3.8, 4) is 0 Å². The van der Waals surface area contributed by atoms with Crippen LogP contribution in [0.5, 0.6) is 0 Å². The maximum Gasteiger partial charge on any atom is 0.137 e. The lowest BCUT2D eigenvalue weighted by atomic mass is 9.64. The van der Waals surface area contributed by atoms with Crippen LogP contribution in [0.15, 0.2) is 28.8 Å². The van der Waals surface area contributed by atoms with Gasteiger partial charge >= 0.3 is 0 Å². The molecule has 0 saturated carbocycles. The van der Waals surface area contributed by atoms with Crippen LogP contribution < -0.4 is 4.90 Å². The van der Waals surface area contributed by atoms with Crippen LogP contribution in [0, 0.1) is 12.8 Å². The topological polar surface area (TPSA) is 66.6 Å². The van der Waals surface area contributed by atoms with Crippen molar-refractivity contribution in [1.82, 2.24) is 5.16 Å². The Bertz CT molecular complexity index is 759. The number of carbonyl (C=O) groups excluding carboxylic acids is 1. The number of aliphatic hydroxyl groups is 1. The number of fused-ring (bicyclic) bond motifs is 1. The van der Waals surface area contributed by atoms with E-state index in [1.165, 1.54) is 0 Å². The van der Waals surface area contributed by atoms with Gasteiger partial charge in [-0.25, -0.2) is 0 Å². The number of rotatable bonds is 3. The molecule has 1 aromatic heterocycles. The molecule has 0 saturated heterocycles. The lowest BCUT2D eigenvalue weighted by molar-refractivity contribution is -0.130. The van der Waals surface area contributed by atoms with Gasteiger partial charge < -0.3 is 14.5 Å². The van der Waals surface area contributed by atoms with Gasteiger partial charge in [0.15, 0.2) is 0 Å². The first-order chi connectivity index (χ1) is 11.2. The number of anilines is 1. The predicted molar refractivity (Wildman–Crippen MR) is 92.4 cm³/mol. The molecule has 3 rings (SSSR count). The molecule has 24 heavy (non-hydrogen) atoms. The van der Waals surface area contributed by atoms with E-state index in [0.717, 1.165) is 22.5 Å². The minimum Gasteiger partial charge on any atom is -0.389 e. The molecule has 5 nitrogen and oxygen atoms in total. The van der Waals surface area contributed by atoms with Gasteiger partial charge in [-0.3, -0.25) is 4.79 Å². The summed E-state index contributed by atoms with van der Waals surface area (Å²) in [4.78, 5) is 14.4. The number of carbonyl (C=O) groups is 1. The zero-order chi connectivity index (χ0) is 17.6. The smallest absolute Gasteiger partial charge is 0.137 e. The SMILES string of the molecule is CC(=O)[C@@H]1[C@H](c2ccc(N(C)C)cc2)c2c(noc2C)C[C@]1(C)O. The molecule has 0 aliphatic heterocycles. The Balaban J connectivity index is 2.17. The Hall–Kier alpha value is -2.14. The van der Waals surface area contributed by atoms with Gasteiger partial charge in [0, 0.05) is 37.7 Å². The maximum absolute atomic E-state index is 12.4. The highest BCUT2D eigenvalue weighted by molar-refractivity contribution is 5.82. The molecule has 1 heterocycles. The minimum absolute atomic E-state index is 0.0204. The summed E-state index contributed by atoms with van der Waals surface area (Å²) in [6.07, 6.45) is 0.330. The number of hydrogen-bond donors (Lipinski definition) is 1. The molecule has 1 aliphatic rings. The second-order valence-electron chi connectivity index (χ2n) is 7.19. The maximum atomic E-state index is 12.4. The Kier molecular flexibility index (Phi) is 4.00. The van der Waals surface area contributed by atoms with Crippen molar-refractivity contribution in [3.05, 3.63) is 46.8 Å². The number of aryl methyl sites for hydroxylation is 1. The molecular formula is C19H24N2O3. The summed E-state index contributed by atoms with van der Waals surface area (Å²) in [6.45, 7) is 5.13. The largest absolute Gasteiger partial charge is 0.389 e. The van der Waals surface area contributed by atoms with Crippen LogP contribution in [0.4, 0.5) is 5.69 Å². The van der Waals surface area contributed by atoms with Crippen molar-refractivity contribution >= 4 is 11.5 Å². The Labute approximate surface area is 142 Å². The van der Waals surface area contributed by atoms with E-state index in [4.69, 9.17) is 4.52 Å². The van der Waals surface area contributed by atoms with E-state index in [1.807, 2.05) is 50.2 Å². The highest BCUT2D eigenvalue weighted by atomic mass is 16.5. The summed E-state index contributed by atoms with van der Waals surface area (Å²) >= 11 is 0. The summed E-state index contributed by atoms with van der Waals surface area (Å²) in [7, 11) is 3.97. The second-order valence-corrected chi connectivity index (χ2v) is 7.19. The zero-order valence-electron chi connectivity index (χ0n) is 14.8. The van der Waals surface area contributed by atoms with E-state index in [0.29, 0.717) is 12.2 Å². The first-order valence-corrected chi connectivity index (χ1v) is 8.17. The summed E-state index contributed by atoms with van der Waals surface area (Å²) in [5.74, 6) is -0.0709. The minimum atomic E-state index is -1.15. The van der Waals surface area contributed by atoms with Crippen LogP contribution in [0.3, 0.4) is 0 Å². The van der Waals surface area contributed by atoms with Crippen LogP contribution in [0.2, 0.25) is 0 Å². The molecule has 0 radical (unpaired) electrons. The molecular weight excluding hydrogens is 304 g/mol. The Morgan fingerprint density at radius 1 is 1.33 bits per heavy atom. The molecule has 0 fully saturated rings. The third kappa shape index (κ3) is 2.63. The molecule has 5 heteroatoms. The monoisotopic (exact) mass is 328 g/mol. The summed E-state index contributed by atoms with van der Waals surface area (Å²) in [5.41, 5.74) is 2.62. The number of aromatic nitrogens is 1. The predicted octanol–water partition coefficient (Wildman–Crippen LogP) is 2.69. The second kappa shape index (κ2) is 5.74. The van der Waals surface area contributed by atoms with Crippen molar-refractivity contribution in [2.24, 2.45) is 5.92 Å². The average Bonchev–Trinajstić information content (AvgIpc) is 2.85. The third-order valence-corrected chi connectivity index (χ3v) is 5.03. The molecule has 3 atom stereocenters. The van der Waals surface area contributed by atoms with Crippen molar-refractivity contribution < 1.29 is 14.4 Å². The lowest BCUT2D eigenvalue weighted by Crippen LogP contribution is -2.48. The fraction of sp³-hybridized carbons (Fsp3) is 0.474. The van der Waals surface area contributed by atoms with Gasteiger partial charge in [-0.1, -0.05) is 17.3 Å². The van der Waals surface area contributed by atoms with E-state index in [-0.39, 0.29) is 11.7 Å². The van der Waals surface area contributed by atoms with E-state index in [2.05, 4.69) is 5.16 Å². The third-order valence-electron chi connectivity index (χ3n) is 5.03. The number of Topliss-reactive ketones (excluding diaryl/α,β-unsaturated/α-hetero) is 1. The summed E-state index contributed by atoms with van der Waals surface area (Å²) < 4.78 is 5.37. The molecule has 0 amide bonds. The Morgan fingerprint density at radius 3 is 2.50 bits per heavy atom. The van der Waals surface area contributed by atoms with E-state index < -0.39 is 11.5 Å². The molecule has 2 aromatic rings. The molecule has 1 aliphatic carbocycles. The molecule has 128 valence electrons. The highest BCUT2D eigenvalue weighted by Crippen LogP contribution is 2.47. The van der Waals surface area contributed by atoms with Crippen LogP contribution in [0.1, 0.15) is 42.3 Å². The molecule has 0 spiro atoms. The first kappa shape index (κ1) is 16.7. The van der Waals surface area contributed by atoms with Gasteiger partial charge in [0.25, 0.3) is 0 Å². The molecule has 0 unspecified atom stereocenters. The quantitative estimate of drug-likeness (QED) is 0.938. The fourth-order valence-corrected chi connectivity index (χ4v) is 3.94. The standard InChI is InChI=1S/C19H24N2O3/c1-11(22)18-17(13-6-8-14(9-7-13)21(4)5)16-12(2)24-20-15(16)10-19(18,3)23/h6-9,17-18,23H,10H2,1-5H3/t17-,18-,19+/m1/s1. The van der Waals surface area contributed by atoms with Gasteiger partial charge in [-0.05, 0) is 38.5 Å². The average molecular weight is 328 g/mol. The summed E-state index contributed by atoms with van der Waals surface area (Å²) in [5, 5.41) is 15.0. The van der Waals surface area contributed by atoms with Gasteiger partial charge in [-0.2, -0.15) is 0 Å². The first-order valence-electron chi connectivity index (χ1n) is 8.17. The van der Waals surface area contributed by atoms with Crippen LogP contribution in [-0.4, -0.2) is 35.7 Å². The summed E-state index contributed by atoms with van der Waals surface area (Å²) in [6, 6.07) is 8.10. The molecule has 1 N–H and O–H groups in total. The number of hydrogen-bond acceptors (Lipinski definition) is 5. The number of benzene rings is 1. The van der Waals surface area contributed by atoms with Gasteiger partial charge in [0.05, 0.1) is 17.2 Å². The number of nitrogens with zero attached hydrogens (tertiary/aromatic N) is 2. The van der Waals surface area contributed by atoms with E-state index in [9.17, 15) is 9.90 Å². The van der Waals surface area contributed by atoms with Crippen LogP contribution in [0.25, 0.3) is 0 Å². The molecule has 1 aromatic carbocycles. The van der Waals surface area contributed by atoms with Crippen LogP contribution >= 0.6 is 0 Å². The van der Waals surface area contributed by atoms with Crippen molar-refractivity contribution in [1.29, 1.82) is 0 Å². The van der Waals surface area contributed by atoms with E-state index in [1.54, 1.807) is 13.8 Å². The fourth-order valence-electron chi connectivity index (χ4n) is 3.94. The van der Waals surface area contributed by atoms with E-state index >= 15 is 0 Å². The van der Waals surface area contributed by atoms with Crippen molar-refractivity contribution in [2.75, 3.05) is 19.0 Å². The van der Waals surface area contributed by atoms with Crippen LogP contribution in [-0.2, 0) is 11.2 Å². The van der Waals surface area contributed by atoms with Gasteiger partial charge in [0.2, 0.25) is 0 Å². The Morgan fingerprint density at radius 2 is 1.96 bits per heavy atom. The zero-order valence-corrected chi connectivity index (χ0v) is 14.8. The van der Waals surface area contributed by atoms with Crippen molar-refractivity contribution in [2.45, 2.75) is 38.7 Å². The highest BCUT2D eigenvalue weighted by Gasteiger charge is 2.49. The number of ketones is 1. The lowest BCUT2D eigenvalue weighted by Gasteiger charge is -2.40. The molecule has 0 bridgehead atoms. The normalized spacial score (nSPS) is 26.1. The van der Waals surface area contributed by atoms with Gasteiger partial charge in [-0.15, -0.1) is 0 Å². The van der Waals surface area contributed by atoms with Crippen molar-refractivity contribution in [3.63, 3.8) is 0 Å².